The van der Waals surface area contributed by atoms with Crippen molar-refractivity contribution in [2.45, 2.75) is 25.9 Å². The van der Waals surface area contributed by atoms with Crippen molar-refractivity contribution in [1.29, 1.82) is 0 Å². The molecule has 0 radical (unpaired) electrons. The molecular weight excluding hydrogens is 368 g/mol. The Morgan fingerprint density at radius 2 is 1.93 bits per heavy atom. The van der Waals surface area contributed by atoms with E-state index in [4.69, 9.17) is 16.3 Å². The van der Waals surface area contributed by atoms with E-state index >= 15 is 0 Å². The van der Waals surface area contributed by atoms with Gasteiger partial charge in [-0.1, -0.05) is 17.7 Å². The van der Waals surface area contributed by atoms with E-state index in [9.17, 15) is 14.4 Å². The van der Waals surface area contributed by atoms with Gasteiger partial charge < -0.3 is 15.0 Å². The van der Waals surface area contributed by atoms with Crippen molar-refractivity contribution in [2.24, 2.45) is 0 Å². The van der Waals surface area contributed by atoms with Crippen LogP contribution in [-0.4, -0.2) is 30.4 Å². The number of nitrogens with one attached hydrogen (secondary N) is 1. The molecule has 0 aromatic heterocycles. The summed E-state index contributed by atoms with van der Waals surface area (Å²) in [4.78, 5) is 37.9. The summed E-state index contributed by atoms with van der Waals surface area (Å²) in [6.07, 6.45) is 0.404. The fraction of sp³-hybridized carbons (Fsp3) is 0.250. The molecule has 1 heterocycles. The number of carbonyl (C=O) groups excluding carboxylic acids is 3. The first-order valence-corrected chi connectivity index (χ1v) is 8.99. The lowest BCUT2D eigenvalue weighted by Gasteiger charge is -2.16. The van der Waals surface area contributed by atoms with Gasteiger partial charge in [-0.25, -0.2) is 4.79 Å². The number of nitrogens with zero attached hydrogens (tertiary/aromatic N) is 1. The van der Waals surface area contributed by atoms with Gasteiger partial charge in [-0.05, 0) is 55.8 Å². The lowest BCUT2D eigenvalue weighted by Crippen LogP contribution is -2.30. The van der Waals surface area contributed by atoms with Crippen LogP contribution in [0, 0.1) is 0 Å². The fourth-order valence-corrected chi connectivity index (χ4v) is 2.98. The molecule has 0 saturated carbocycles. The van der Waals surface area contributed by atoms with Crippen LogP contribution < -0.4 is 10.2 Å². The van der Waals surface area contributed by atoms with Crippen molar-refractivity contribution >= 4 is 40.8 Å². The maximum Gasteiger partial charge on any atom is 0.338 e. The second-order valence-corrected chi connectivity index (χ2v) is 6.68. The van der Waals surface area contributed by atoms with Crippen LogP contribution in [0.4, 0.5) is 11.4 Å². The lowest BCUT2D eigenvalue weighted by molar-refractivity contribution is -0.123. The minimum absolute atomic E-state index is 0.0802. The minimum atomic E-state index is -0.976. The van der Waals surface area contributed by atoms with Crippen molar-refractivity contribution in [3.63, 3.8) is 0 Å². The zero-order valence-corrected chi connectivity index (χ0v) is 15.5. The molecule has 2 aromatic rings. The first-order valence-electron chi connectivity index (χ1n) is 8.62. The summed E-state index contributed by atoms with van der Waals surface area (Å²) in [7, 11) is 0. The van der Waals surface area contributed by atoms with Gasteiger partial charge >= 0.3 is 5.97 Å². The van der Waals surface area contributed by atoms with Gasteiger partial charge in [-0.3, -0.25) is 9.59 Å². The monoisotopic (exact) mass is 386 g/mol. The predicted molar refractivity (Wildman–Crippen MR) is 103 cm³/mol. The maximum absolute atomic E-state index is 12.3. The molecule has 3 rings (SSSR count). The number of hydrogen-bond donors (Lipinski definition) is 1. The van der Waals surface area contributed by atoms with E-state index in [2.05, 4.69) is 5.32 Å². The van der Waals surface area contributed by atoms with Gasteiger partial charge in [0.1, 0.15) is 0 Å². The van der Waals surface area contributed by atoms with Gasteiger partial charge in [-0.2, -0.15) is 0 Å². The Kier molecular flexibility index (Phi) is 5.76. The Morgan fingerprint density at radius 3 is 2.56 bits per heavy atom. The molecule has 7 heteroatoms. The van der Waals surface area contributed by atoms with Crippen LogP contribution in [0.5, 0.6) is 0 Å². The number of amides is 2. The van der Waals surface area contributed by atoms with E-state index in [1.807, 2.05) is 0 Å². The summed E-state index contributed by atoms with van der Waals surface area (Å²) in [5, 5.41) is 3.14. The van der Waals surface area contributed by atoms with Crippen molar-refractivity contribution in [2.75, 3.05) is 16.8 Å². The molecule has 1 aliphatic rings. The smallest absolute Gasteiger partial charge is 0.338 e. The Morgan fingerprint density at radius 1 is 1.19 bits per heavy atom. The Hall–Kier alpha value is -2.86. The van der Waals surface area contributed by atoms with Gasteiger partial charge in [-0.15, -0.1) is 0 Å². The van der Waals surface area contributed by atoms with Crippen LogP contribution in [0.1, 0.15) is 30.1 Å². The van der Waals surface area contributed by atoms with Gasteiger partial charge in [0.2, 0.25) is 5.91 Å². The Labute approximate surface area is 162 Å². The summed E-state index contributed by atoms with van der Waals surface area (Å²) in [6, 6.07) is 13.3. The van der Waals surface area contributed by atoms with E-state index in [0.29, 0.717) is 29.2 Å². The van der Waals surface area contributed by atoms with Crippen molar-refractivity contribution in [1.82, 2.24) is 0 Å². The Balaban J connectivity index is 1.59. The molecule has 2 aromatic carbocycles. The van der Waals surface area contributed by atoms with Crippen molar-refractivity contribution in [3.8, 4) is 0 Å². The molecule has 0 aliphatic carbocycles. The highest BCUT2D eigenvalue weighted by atomic mass is 35.5. The molecule has 1 aliphatic heterocycles. The van der Waals surface area contributed by atoms with Gasteiger partial charge in [0.15, 0.2) is 6.10 Å². The number of esters is 1. The molecule has 1 atom stereocenters. The molecule has 1 saturated heterocycles. The number of ether oxygens (including phenoxy) is 1. The largest absolute Gasteiger partial charge is 0.449 e. The van der Waals surface area contributed by atoms with Crippen LogP contribution in [0.2, 0.25) is 5.02 Å². The average molecular weight is 387 g/mol. The molecule has 140 valence electrons. The summed E-state index contributed by atoms with van der Waals surface area (Å²) in [5.41, 5.74) is 1.59. The third-order valence-corrected chi connectivity index (χ3v) is 4.47. The Bertz CT molecular complexity index is 867. The number of benzene rings is 2. The number of hydrogen-bond acceptors (Lipinski definition) is 4. The second-order valence-electron chi connectivity index (χ2n) is 6.24. The van der Waals surface area contributed by atoms with Crippen LogP contribution in [-0.2, 0) is 14.3 Å². The number of rotatable bonds is 5. The highest BCUT2D eigenvalue weighted by Gasteiger charge is 2.23. The summed E-state index contributed by atoms with van der Waals surface area (Å²) < 4.78 is 5.22. The number of anilines is 2. The molecule has 0 unspecified atom stereocenters. The SMILES string of the molecule is C[C@@H](OC(=O)c1ccc(N2CCCC2=O)cc1)C(=O)Nc1cccc(Cl)c1. The number of carbonyl (C=O) groups is 3. The van der Waals surface area contributed by atoms with Crippen LogP contribution in [0.3, 0.4) is 0 Å². The van der Waals surface area contributed by atoms with Crippen LogP contribution >= 0.6 is 11.6 Å². The predicted octanol–water partition coefficient (Wildman–Crippen LogP) is 3.65. The highest BCUT2D eigenvalue weighted by molar-refractivity contribution is 6.30. The molecule has 27 heavy (non-hydrogen) atoms. The van der Waals surface area contributed by atoms with E-state index in [0.717, 1.165) is 12.1 Å². The van der Waals surface area contributed by atoms with Crippen LogP contribution in [0.15, 0.2) is 48.5 Å². The van der Waals surface area contributed by atoms with E-state index < -0.39 is 18.0 Å². The van der Waals surface area contributed by atoms with E-state index in [1.54, 1.807) is 53.4 Å². The van der Waals surface area contributed by atoms with Crippen LogP contribution in [0.25, 0.3) is 0 Å². The third kappa shape index (κ3) is 4.65. The lowest BCUT2D eigenvalue weighted by atomic mass is 10.2. The van der Waals surface area contributed by atoms with Crippen molar-refractivity contribution in [3.05, 3.63) is 59.1 Å². The molecule has 6 nitrogen and oxygen atoms in total. The zero-order chi connectivity index (χ0) is 19.4. The standard InChI is InChI=1S/C20H19ClN2O4/c1-13(19(25)22-16-5-2-4-15(21)12-16)27-20(26)14-7-9-17(10-8-14)23-11-3-6-18(23)24/h2,4-5,7-10,12-13H,3,6,11H2,1H3,(H,22,25)/t13-/m1/s1. The molecule has 0 bridgehead atoms. The second kappa shape index (κ2) is 8.22. The molecule has 1 N–H and O–H groups in total. The normalized spacial score (nSPS) is 14.7. The summed E-state index contributed by atoms with van der Waals surface area (Å²) >= 11 is 5.88. The minimum Gasteiger partial charge on any atom is -0.449 e. The third-order valence-electron chi connectivity index (χ3n) is 4.23. The van der Waals surface area contributed by atoms with Gasteiger partial charge in [0, 0.05) is 29.4 Å². The molecule has 2 amide bonds. The molecule has 1 fully saturated rings. The maximum atomic E-state index is 12.3. The number of halogens is 1. The summed E-state index contributed by atoms with van der Waals surface area (Å²) in [5.74, 6) is -0.982. The topological polar surface area (TPSA) is 75.7 Å². The molecular formula is C20H19ClN2O4. The summed E-state index contributed by atoms with van der Waals surface area (Å²) in [6.45, 7) is 2.18. The fourth-order valence-electron chi connectivity index (χ4n) is 2.79. The first-order chi connectivity index (χ1) is 12.9. The van der Waals surface area contributed by atoms with E-state index in [-0.39, 0.29) is 5.91 Å². The highest BCUT2D eigenvalue weighted by Crippen LogP contribution is 2.22. The quantitative estimate of drug-likeness (QED) is 0.796. The van der Waals surface area contributed by atoms with Gasteiger partial charge in [0.25, 0.3) is 5.91 Å². The van der Waals surface area contributed by atoms with E-state index in [1.165, 1.54) is 6.92 Å². The van der Waals surface area contributed by atoms with Gasteiger partial charge in [0.05, 0.1) is 5.56 Å². The first kappa shape index (κ1) is 18.9. The molecule has 0 spiro atoms. The van der Waals surface area contributed by atoms with Crippen molar-refractivity contribution < 1.29 is 19.1 Å². The zero-order valence-electron chi connectivity index (χ0n) is 14.8. The average Bonchev–Trinajstić information content (AvgIpc) is 3.07.